The Balaban J connectivity index is 1.84. The van der Waals surface area contributed by atoms with Crippen LogP contribution in [0.25, 0.3) is 11.1 Å². The third kappa shape index (κ3) is 3.31. The molecule has 2 aromatic rings. The predicted octanol–water partition coefficient (Wildman–Crippen LogP) is 2.02. The quantitative estimate of drug-likeness (QED) is 0.874. The molecular weight excluding hydrogens is 302 g/mol. The number of carbonyl (C=O) groups is 2. The van der Waals surface area contributed by atoms with E-state index in [9.17, 15) is 9.59 Å². The zero-order valence-electron chi connectivity index (χ0n) is 13.7. The summed E-state index contributed by atoms with van der Waals surface area (Å²) in [5, 5.41) is 0. The van der Waals surface area contributed by atoms with Crippen molar-refractivity contribution in [3.05, 3.63) is 53.6 Å². The van der Waals surface area contributed by atoms with Gasteiger partial charge in [0.15, 0.2) is 6.29 Å². The van der Waals surface area contributed by atoms with E-state index >= 15 is 0 Å². The van der Waals surface area contributed by atoms with Gasteiger partial charge < -0.3 is 15.5 Å². The third-order valence-corrected chi connectivity index (χ3v) is 4.51. The number of anilines is 1. The molecule has 2 N–H and O–H groups in total. The number of hydrogen-bond acceptors (Lipinski definition) is 4. The van der Waals surface area contributed by atoms with E-state index in [0.717, 1.165) is 37.3 Å². The van der Waals surface area contributed by atoms with Crippen molar-refractivity contribution >= 4 is 17.9 Å². The lowest BCUT2D eigenvalue weighted by Crippen LogP contribution is -2.44. The van der Waals surface area contributed by atoms with Crippen LogP contribution in [0.5, 0.6) is 0 Å². The minimum absolute atomic E-state index is 0.255. The van der Waals surface area contributed by atoms with Crippen molar-refractivity contribution in [2.75, 3.05) is 38.1 Å². The second-order valence-electron chi connectivity index (χ2n) is 6.12. The maximum atomic E-state index is 11.5. The van der Waals surface area contributed by atoms with Crippen LogP contribution >= 0.6 is 0 Å². The highest BCUT2D eigenvalue weighted by Crippen LogP contribution is 2.25. The topological polar surface area (TPSA) is 66.6 Å². The molecule has 5 heteroatoms. The van der Waals surface area contributed by atoms with Gasteiger partial charge in [0, 0.05) is 37.4 Å². The van der Waals surface area contributed by atoms with E-state index in [2.05, 4.69) is 29.0 Å². The minimum atomic E-state index is -0.590. The molecule has 0 saturated carbocycles. The molecule has 0 atom stereocenters. The zero-order valence-corrected chi connectivity index (χ0v) is 13.7. The Kier molecular flexibility index (Phi) is 4.62. The summed E-state index contributed by atoms with van der Waals surface area (Å²) in [7, 11) is 2.14. The predicted molar refractivity (Wildman–Crippen MR) is 95.5 cm³/mol. The first-order valence-electron chi connectivity index (χ1n) is 8.01. The maximum absolute atomic E-state index is 11.5. The molecule has 0 aliphatic carbocycles. The molecule has 0 unspecified atom stereocenters. The first kappa shape index (κ1) is 16.2. The number of primary amides is 1. The van der Waals surface area contributed by atoms with Crippen LogP contribution < -0.4 is 10.6 Å². The molecule has 1 aliphatic rings. The second-order valence-corrected chi connectivity index (χ2v) is 6.12. The number of benzene rings is 2. The summed E-state index contributed by atoms with van der Waals surface area (Å²) in [6.07, 6.45) is 0.653. The van der Waals surface area contributed by atoms with Crippen molar-refractivity contribution in [2.24, 2.45) is 5.73 Å². The molecule has 124 valence electrons. The SMILES string of the molecule is CN1CCN(c2ccc(-c3ccc(C=O)c(C(N)=O)c3)cc2)CC1. The fourth-order valence-electron chi connectivity index (χ4n) is 2.98. The van der Waals surface area contributed by atoms with Crippen LogP contribution in [0, 0.1) is 0 Å². The highest BCUT2D eigenvalue weighted by atomic mass is 16.1. The smallest absolute Gasteiger partial charge is 0.249 e. The molecule has 1 amide bonds. The molecule has 0 spiro atoms. The monoisotopic (exact) mass is 323 g/mol. The van der Waals surface area contributed by atoms with Gasteiger partial charge in [0.1, 0.15) is 0 Å². The number of piperazine rings is 1. The van der Waals surface area contributed by atoms with Crippen LogP contribution in [0.15, 0.2) is 42.5 Å². The minimum Gasteiger partial charge on any atom is -0.369 e. The fourth-order valence-corrected chi connectivity index (χ4v) is 2.98. The molecular formula is C19H21N3O2. The molecule has 2 aromatic carbocycles. The number of amides is 1. The van der Waals surface area contributed by atoms with Gasteiger partial charge in [0.05, 0.1) is 5.56 Å². The highest BCUT2D eigenvalue weighted by molar-refractivity contribution is 6.01. The summed E-state index contributed by atoms with van der Waals surface area (Å²) < 4.78 is 0. The molecule has 5 nitrogen and oxygen atoms in total. The molecule has 1 saturated heterocycles. The number of nitrogens with two attached hydrogens (primary N) is 1. The van der Waals surface area contributed by atoms with Gasteiger partial charge in [-0.3, -0.25) is 9.59 Å². The first-order chi connectivity index (χ1) is 11.6. The van der Waals surface area contributed by atoms with Crippen LogP contribution in [0.1, 0.15) is 20.7 Å². The van der Waals surface area contributed by atoms with E-state index in [0.29, 0.717) is 11.8 Å². The van der Waals surface area contributed by atoms with E-state index in [-0.39, 0.29) is 5.56 Å². The molecule has 24 heavy (non-hydrogen) atoms. The van der Waals surface area contributed by atoms with E-state index in [4.69, 9.17) is 5.73 Å². The number of rotatable bonds is 4. The van der Waals surface area contributed by atoms with Gasteiger partial charge in [-0.1, -0.05) is 24.3 Å². The Morgan fingerprint density at radius 1 is 1.00 bits per heavy atom. The normalized spacial score (nSPS) is 15.3. The van der Waals surface area contributed by atoms with Crippen LogP contribution in [-0.4, -0.2) is 50.3 Å². The van der Waals surface area contributed by atoms with Crippen molar-refractivity contribution < 1.29 is 9.59 Å². The molecule has 1 aliphatic heterocycles. The van der Waals surface area contributed by atoms with Crippen molar-refractivity contribution in [2.45, 2.75) is 0 Å². The Morgan fingerprint density at radius 3 is 2.21 bits per heavy atom. The van der Waals surface area contributed by atoms with Crippen molar-refractivity contribution in [1.82, 2.24) is 4.90 Å². The Labute approximate surface area is 141 Å². The zero-order chi connectivity index (χ0) is 17.1. The second kappa shape index (κ2) is 6.84. The molecule has 3 rings (SSSR count). The number of carbonyl (C=O) groups excluding carboxylic acids is 2. The van der Waals surface area contributed by atoms with Gasteiger partial charge in [-0.2, -0.15) is 0 Å². The van der Waals surface area contributed by atoms with Crippen LogP contribution in [0.2, 0.25) is 0 Å². The number of likely N-dealkylation sites (N-methyl/N-ethyl adjacent to an activating group) is 1. The van der Waals surface area contributed by atoms with Gasteiger partial charge in [0.2, 0.25) is 5.91 Å². The summed E-state index contributed by atoms with van der Waals surface area (Å²) >= 11 is 0. The number of hydrogen-bond donors (Lipinski definition) is 1. The Bertz CT molecular complexity index is 748. The molecule has 1 fully saturated rings. The summed E-state index contributed by atoms with van der Waals surface area (Å²) in [4.78, 5) is 27.2. The lowest BCUT2D eigenvalue weighted by molar-refractivity contribution is 0.0993. The van der Waals surface area contributed by atoms with Crippen molar-refractivity contribution in [3.63, 3.8) is 0 Å². The molecule has 0 radical (unpaired) electrons. The van der Waals surface area contributed by atoms with Crippen LogP contribution in [0.3, 0.4) is 0 Å². The summed E-state index contributed by atoms with van der Waals surface area (Å²) in [5.41, 5.74) is 9.00. The number of nitrogens with zero attached hydrogens (tertiary/aromatic N) is 2. The fraction of sp³-hybridized carbons (Fsp3) is 0.263. The van der Waals surface area contributed by atoms with Crippen LogP contribution in [-0.2, 0) is 0 Å². The van der Waals surface area contributed by atoms with Gasteiger partial charge >= 0.3 is 0 Å². The third-order valence-electron chi connectivity index (χ3n) is 4.51. The van der Waals surface area contributed by atoms with E-state index in [1.165, 1.54) is 5.69 Å². The van der Waals surface area contributed by atoms with E-state index in [1.807, 2.05) is 18.2 Å². The highest BCUT2D eigenvalue weighted by Gasteiger charge is 2.14. The van der Waals surface area contributed by atoms with Gasteiger partial charge in [-0.15, -0.1) is 0 Å². The van der Waals surface area contributed by atoms with Gasteiger partial charge in [-0.25, -0.2) is 0 Å². The van der Waals surface area contributed by atoms with E-state index < -0.39 is 5.91 Å². The lowest BCUT2D eigenvalue weighted by Gasteiger charge is -2.34. The maximum Gasteiger partial charge on any atom is 0.249 e. The standard InChI is InChI=1S/C19H21N3O2/c1-21-8-10-22(11-9-21)17-6-4-14(5-7-17)15-2-3-16(13-23)18(12-15)19(20)24/h2-7,12-13H,8-11H2,1H3,(H2,20,24). The largest absolute Gasteiger partial charge is 0.369 e. The van der Waals surface area contributed by atoms with Gasteiger partial charge in [0.25, 0.3) is 0 Å². The molecule has 1 heterocycles. The first-order valence-corrected chi connectivity index (χ1v) is 8.01. The summed E-state index contributed by atoms with van der Waals surface area (Å²) in [6, 6.07) is 13.4. The Hall–Kier alpha value is -2.66. The average molecular weight is 323 g/mol. The van der Waals surface area contributed by atoms with Crippen molar-refractivity contribution in [1.29, 1.82) is 0 Å². The summed E-state index contributed by atoms with van der Waals surface area (Å²) in [6.45, 7) is 4.18. The van der Waals surface area contributed by atoms with Crippen molar-refractivity contribution in [3.8, 4) is 11.1 Å². The summed E-state index contributed by atoms with van der Waals surface area (Å²) in [5.74, 6) is -0.590. The van der Waals surface area contributed by atoms with Crippen LogP contribution in [0.4, 0.5) is 5.69 Å². The van der Waals surface area contributed by atoms with E-state index in [1.54, 1.807) is 12.1 Å². The molecule has 0 aromatic heterocycles. The Morgan fingerprint density at radius 2 is 1.62 bits per heavy atom. The van der Waals surface area contributed by atoms with Gasteiger partial charge in [-0.05, 0) is 36.4 Å². The number of aldehydes is 1. The molecule has 0 bridgehead atoms. The lowest BCUT2D eigenvalue weighted by atomic mass is 9.99. The average Bonchev–Trinajstić information content (AvgIpc) is 2.62.